The van der Waals surface area contributed by atoms with Crippen molar-refractivity contribution in [3.63, 3.8) is 0 Å². The van der Waals surface area contributed by atoms with Crippen LogP contribution in [0.25, 0.3) is 0 Å². The first-order chi connectivity index (χ1) is 15.5. The summed E-state index contributed by atoms with van der Waals surface area (Å²) in [6.45, 7) is 4.30. The van der Waals surface area contributed by atoms with E-state index in [-0.39, 0.29) is 5.56 Å². The highest BCUT2D eigenvalue weighted by atomic mass is 35.5. The molecular formula is C23H28ClN7O. The van der Waals surface area contributed by atoms with E-state index in [1.807, 2.05) is 37.3 Å². The van der Waals surface area contributed by atoms with Gasteiger partial charge in [-0.25, -0.2) is 9.98 Å². The fourth-order valence-electron chi connectivity index (χ4n) is 3.09. The molecule has 0 saturated heterocycles. The van der Waals surface area contributed by atoms with Crippen LogP contribution in [0.2, 0.25) is 5.02 Å². The van der Waals surface area contributed by atoms with Crippen LogP contribution in [0, 0.1) is 6.92 Å². The highest BCUT2D eigenvalue weighted by Crippen LogP contribution is 2.16. The topological polar surface area (TPSA) is 110 Å². The molecule has 0 bridgehead atoms. The second-order valence-corrected chi connectivity index (χ2v) is 7.72. The van der Waals surface area contributed by atoms with E-state index < -0.39 is 0 Å². The quantitative estimate of drug-likeness (QED) is 0.234. The molecule has 0 unspecified atom stereocenters. The minimum Gasteiger partial charge on any atom is -0.387 e. The molecule has 0 aliphatic heterocycles. The molecule has 3 rings (SSSR count). The van der Waals surface area contributed by atoms with Gasteiger partial charge in [-0.2, -0.15) is 0 Å². The molecule has 4 N–H and O–H groups in total. The first-order valence-corrected chi connectivity index (χ1v) is 10.9. The third-order valence-electron chi connectivity index (χ3n) is 4.82. The summed E-state index contributed by atoms with van der Waals surface area (Å²) in [6.07, 6.45) is 4.79. The molecule has 0 amide bonds. The number of aromatic nitrogens is 3. The molecule has 32 heavy (non-hydrogen) atoms. The van der Waals surface area contributed by atoms with Crippen molar-refractivity contribution < 1.29 is 0 Å². The van der Waals surface area contributed by atoms with Crippen LogP contribution in [0.3, 0.4) is 0 Å². The van der Waals surface area contributed by atoms with Crippen LogP contribution >= 0.6 is 11.6 Å². The second kappa shape index (κ2) is 12.0. The van der Waals surface area contributed by atoms with Crippen LogP contribution in [0.15, 0.2) is 64.6 Å². The molecule has 8 nitrogen and oxygen atoms in total. The number of nitrogens with one attached hydrogen (secondary N) is 2. The summed E-state index contributed by atoms with van der Waals surface area (Å²) in [5, 5.41) is 7.10. The van der Waals surface area contributed by atoms with E-state index in [1.54, 1.807) is 29.1 Å². The Balaban J connectivity index is 1.45. The predicted molar refractivity (Wildman–Crippen MR) is 130 cm³/mol. The monoisotopic (exact) mass is 453 g/mol. The van der Waals surface area contributed by atoms with Crippen molar-refractivity contribution in [2.45, 2.75) is 26.3 Å². The molecule has 3 aromatic rings. The van der Waals surface area contributed by atoms with Crippen molar-refractivity contribution in [1.82, 2.24) is 19.9 Å². The average molecular weight is 454 g/mol. The van der Waals surface area contributed by atoms with Crippen LogP contribution in [0.1, 0.15) is 17.8 Å². The van der Waals surface area contributed by atoms with Gasteiger partial charge in [0.2, 0.25) is 0 Å². The molecule has 0 atom stereocenters. The molecular weight excluding hydrogens is 426 g/mol. The fourth-order valence-corrected chi connectivity index (χ4v) is 3.22. The summed E-state index contributed by atoms with van der Waals surface area (Å²) < 4.78 is 1.72. The zero-order valence-electron chi connectivity index (χ0n) is 18.1. The van der Waals surface area contributed by atoms with E-state index in [9.17, 15) is 4.79 Å². The van der Waals surface area contributed by atoms with Crippen LogP contribution in [0.5, 0.6) is 0 Å². The molecule has 2 heterocycles. The maximum atomic E-state index is 12.8. The van der Waals surface area contributed by atoms with Gasteiger partial charge in [-0.1, -0.05) is 17.7 Å². The van der Waals surface area contributed by atoms with Gasteiger partial charge in [0, 0.05) is 67.8 Å². The minimum absolute atomic E-state index is 0.128. The summed E-state index contributed by atoms with van der Waals surface area (Å²) in [5.41, 5.74) is 8.42. The number of anilines is 1. The summed E-state index contributed by atoms with van der Waals surface area (Å²) in [7, 11) is 0. The lowest BCUT2D eigenvalue weighted by Gasteiger charge is -2.13. The first-order valence-electron chi connectivity index (χ1n) is 10.5. The maximum absolute atomic E-state index is 12.8. The van der Waals surface area contributed by atoms with Gasteiger partial charge in [0.15, 0.2) is 5.82 Å². The Morgan fingerprint density at radius 3 is 2.69 bits per heavy atom. The van der Waals surface area contributed by atoms with Gasteiger partial charge >= 0.3 is 0 Å². The van der Waals surface area contributed by atoms with E-state index >= 15 is 0 Å². The molecule has 168 valence electrons. The Morgan fingerprint density at radius 1 is 1.12 bits per heavy atom. The Hall–Kier alpha value is -3.23. The summed E-state index contributed by atoms with van der Waals surface area (Å²) in [6, 6.07) is 13.0. The van der Waals surface area contributed by atoms with Gasteiger partial charge < -0.3 is 20.9 Å². The number of amidine groups is 1. The van der Waals surface area contributed by atoms with Gasteiger partial charge in [-0.05, 0) is 43.3 Å². The lowest BCUT2D eigenvalue weighted by Crippen LogP contribution is -2.32. The molecule has 0 aliphatic rings. The largest absolute Gasteiger partial charge is 0.387 e. The summed E-state index contributed by atoms with van der Waals surface area (Å²) in [4.78, 5) is 25.7. The molecule has 9 heteroatoms. The molecule has 0 spiro atoms. The Kier molecular flexibility index (Phi) is 8.77. The van der Waals surface area contributed by atoms with Crippen LogP contribution < -0.4 is 21.9 Å². The number of halogens is 1. The number of rotatable bonds is 11. The number of hydrogen-bond donors (Lipinski definition) is 3. The lowest BCUT2D eigenvalue weighted by atomic mass is 10.3. The molecule has 0 radical (unpaired) electrons. The number of aliphatic imine (C=N–C) groups is 1. The number of benzene rings is 1. The van der Waals surface area contributed by atoms with Gasteiger partial charge in [0.05, 0.1) is 5.69 Å². The van der Waals surface area contributed by atoms with E-state index in [1.165, 1.54) is 0 Å². The molecule has 0 saturated carbocycles. The highest BCUT2D eigenvalue weighted by molar-refractivity contribution is 6.30. The third-order valence-corrected chi connectivity index (χ3v) is 5.08. The number of aryl methyl sites for hydroxylation is 1. The Labute approximate surface area is 192 Å². The Morgan fingerprint density at radius 2 is 1.94 bits per heavy atom. The van der Waals surface area contributed by atoms with Crippen molar-refractivity contribution in [3.05, 3.63) is 81.6 Å². The summed E-state index contributed by atoms with van der Waals surface area (Å²) >= 11 is 5.88. The smallest absolute Gasteiger partial charge is 0.293 e. The van der Waals surface area contributed by atoms with Crippen molar-refractivity contribution in [3.8, 4) is 0 Å². The van der Waals surface area contributed by atoms with Crippen molar-refractivity contribution in [2.24, 2.45) is 10.7 Å². The SMILES string of the molecule is Cc1cnc(NCCc2ccccn2)c(=O)n1CCNCCC(N)=Nc1ccc(Cl)cc1. The van der Waals surface area contributed by atoms with Gasteiger partial charge in [0.1, 0.15) is 5.84 Å². The number of hydrogen-bond acceptors (Lipinski definition) is 6. The van der Waals surface area contributed by atoms with Crippen molar-refractivity contribution in [2.75, 3.05) is 25.0 Å². The maximum Gasteiger partial charge on any atom is 0.293 e. The molecule has 2 aromatic heterocycles. The zero-order chi connectivity index (χ0) is 22.8. The van der Waals surface area contributed by atoms with Gasteiger partial charge in [0.25, 0.3) is 5.56 Å². The van der Waals surface area contributed by atoms with Crippen molar-refractivity contribution in [1.29, 1.82) is 0 Å². The summed E-state index contributed by atoms with van der Waals surface area (Å²) in [5.74, 6) is 0.891. The van der Waals surface area contributed by atoms with Gasteiger partial charge in [-0.3, -0.25) is 9.78 Å². The van der Waals surface area contributed by atoms with Crippen LogP contribution in [-0.2, 0) is 13.0 Å². The van der Waals surface area contributed by atoms with Crippen LogP contribution in [-0.4, -0.2) is 40.0 Å². The lowest BCUT2D eigenvalue weighted by molar-refractivity contribution is 0.579. The zero-order valence-corrected chi connectivity index (χ0v) is 18.8. The normalized spacial score (nSPS) is 11.5. The number of pyridine rings is 1. The van der Waals surface area contributed by atoms with E-state index in [4.69, 9.17) is 17.3 Å². The molecule has 0 aliphatic carbocycles. The first kappa shape index (κ1) is 23.4. The highest BCUT2D eigenvalue weighted by Gasteiger charge is 2.08. The van der Waals surface area contributed by atoms with E-state index in [2.05, 4.69) is 25.6 Å². The molecule has 1 aromatic carbocycles. The second-order valence-electron chi connectivity index (χ2n) is 7.28. The van der Waals surface area contributed by atoms with E-state index in [0.717, 1.165) is 23.5 Å². The molecule has 0 fully saturated rings. The van der Waals surface area contributed by atoms with Crippen LogP contribution in [0.4, 0.5) is 11.5 Å². The predicted octanol–water partition coefficient (Wildman–Crippen LogP) is 2.92. The third kappa shape index (κ3) is 7.18. The Bertz CT molecular complexity index is 1080. The van der Waals surface area contributed by atoms with Crippen molar-refractivity contribution >= 4 is 28.9 Å². The van der Waals surface area contributed by atoms with E-state index in [0.29, 0.717) is 49.3 Å². The fraction of sp³-hybridized carbons (Fsp3) is 0.304. The van der Waals surface area contributed by atoms with Gasteiger partial charge in [-0.15, -0.1) is 0 Å². The standard InChI is InChI=1S/C23H28ClN7O/c1-17-16-29-22(28-13-9-19-4-2-3-11-27-19)23(32)31(17)15-14-26-12-10-21(25)30-20-7-5-18(24)6-8-20/h2-8,11,16,26H,9-10,12-15H2,1H3,(H2,25,30)(H,28,29). The minimum atomic E-state index is -0.128. The number of nitrogens with zero attached hydrogens (tertiary/aromatic N) is 4. The average Bonchev–Trinajstić information content (AvgIpc) is 2.79. The number of nitrogens with two attached hydrogens (primary N) is 1.